The molecule has 1 heterocycles. The lowest BCUT2D eigenvalue weighted by molar-refractivity contribution is -0.150. The highest BCUT2D eigenvalue weighted by Gasteiger charge is 2.36. The number of nitrogens with two attached hydrogens (primary N) is 1. The summed E-state index contributed by atoms with van der Waals surface area (Å²) in [6.07, 6.45) is 3.91. The van der Waals surface area contributed by atoms with Gasteiger partial charge in [0.05, 0.1) is 18.1 Å². The maximum absolute atomic E-state index is 11.7. The summed E-state index contributed by atoms with van der Waals surface area (Å²) >= 11 is 1.38. The zero-order chi connectivity index (χ0) is 14.6. The number of hydrogen-bond donors (Lipinski definition) is 2. The van der Waals surface area contributed by atoms with E-state index in [1.807, 2.05) is 0 Å². The molecule has 0 atom stereocenters. The average molecular weight is 300 g/mol. The normalized spacial score (nSPS) is 26.4. The standard InChI is InChI=1S/C12H20N4O3S/c1-2-19-10(17)9-3-5-12(18,6-4-9)7-20-11-15-14-8-16(11)13/h8-9,18H,2-7,13H2,1H3. The quantitative estimate of drug-likeness (QED) is 0.465. The van der Waals surface area contributed by atoms with Crippen LogP contribution < -0.4 is 5.84 Å². The molecule has 1 fully saturated rings. The topological polar surface area (TPSA) is 103 Å². The van der Waals surface area contributed by atoms with Crippen LogP contribution in [0.4, 0.5) is 0 Å². The Kier molecular flexibility index (Phi) is 4.87. The largest absolute Gasteiger partial charge is 0.466 e. The van der Waals surface area contributed by atoms with Crippen molar-refractivity contribution in [3.8, 4) is 0 Å². The highest BCUT2D eigenvalue weighted by Crippen LogP contribution is 2.36. The number of carbonyl (C=O) groups is 1. The van der Waals surface area contributed by atoms with Crippen LogP contribution >= 0.6 is 11.8 Å². The Balaban J connectivity index is 1.82. The number of aromatic nitrogens is 3. The lowest BCUT2D eigenvalue weighted by Gasteiger charge is -2.34. The number of ether oxygens (including phenoxy) is 1. The Morgan fingerprint density at radius 1 is 1.65 bits per heavy atom. The third-order valence-electron chi connectivity index (χ3n) is 3.55. The summed E-state index contributed by atoms with van der Waals surface area (Å²) in [6.45, 7) is 2.21. The Morgan fingerprint density at radius 3 is 2.90 bits per heavy atom. The first-order valence-electron chi connectivity index (χ1n) is 6.71. The molecule has 0 bridgehead atoms. The molecule has 0 aromatic carbocycles. The molecule has 1 aromatic rings. The Bertz CT molecular complexity index is 457. The Hall–Kier alpha value is -1.28. The third kappa shape index (κ3) is 3.63. The minimum Gasteiger partial charge on any atom is -0.466 e. The molecular formula is C12H20N4O3S. The summed E-state index contributed by atoms with van der Waals surface area (Å²) in [5.41, 5.74) is -0.778. The van der Waals surface area contributed by atoms with Crippen molar-refractivity contribution in [2.24, 2.45) is 5.92 Å². The van der Waals surface area contributed by atoms with Gasteiger partial charge in [0.15, 0.2) is 0 Å². The first-order valence-corrected chi connectivity index (χ1v) is 7.69. The Morgan fingerprint density at radius 2 is 2.35 bits per heavy atom. The summed E-state index contributed by atoms with van der Waals surface area (Å²) in [5.74, 6) is 5.89. The van der Waals surface area contributed by atoms with Gasteiger partial charge in [-0.25, -0.2) is 4.68 Å². The van der Waals surface area contributed by atoms with Crippen LogP contribution in [0.2, 0.25) is 0 Å². The maximum Gasteiger partial charge on any atom is 0.308 e. The van der Waals surface area contributed by atoms with Crippen molar-refractivity contribution in [3.05, 3.63) is 6.33 Å². The highest BCUT2D eigenvalue weighted by molar-refractivity contribution is 7.99. The van der Waals surface area contributed by atoms with E-state index >= 15 is 0 Å². The molecule has 7 nitrogen and oxygen atoms in total. The van der Waals surface area contributed by atoms with Crippen LogP contribution in [-0.2, 0) is 9.53 Å². The second-order valence-electron chi connectivity index (χ2n) is 5.06. The van der Waals surface area contributed by atoms with E-state index in [-0.39, 0.29) is 11.9 Å². The fourth-order valence-corrected chi connectivity index (χ4v) is 3.32. The molecule has 112 valence electrons. The monoisotopic (exact) mass is 300 g/mol. The van der Waals surface area contributed by atoms with Crippen LogP contribution in [-0.4, -0.2) is 43.9 Å². The van der Waals surface area contributed by atoms with Crippen molar-refractivity contribution in [3.63, 3.8) is 0 Å². The lowest BCUT2D eigenvalue weighted by atomic mass is 9.80. The summed E-state index contributed by atoms with van der Waals surface area (Å²) in [7, 11) is 0. The van der Waals surface area contributed by atoms with Gasteiger partial charge in [0.25, 0.3) is 0 Å². The number of thioether (sulfide) groups is 1. The van der Waals surface area contributed by atoms with Gasteiger partial charge in [0.1, 0.15) is 6.33 Å². The van der Waals surface area contributed by atoms with Gasteiger partial charge in [-0.15, -0.1) is 10.2 Å². The van der Waals surface area contributed by atoms with E-state index in [2.05, 4.69) is 10.2 Å². The zero-order valence-electron chi connectivity index (χ0n) is 11.5. The van der Waals surface area contributed by atoms with E-state index in [4.69, 9.17) is 10.6 Å². The van der Waals surface area contributed by atoms with Crippen molar-refractivity contribution < 1.29 is 14.6 Å². The SMILES string of the molecule is CCOC(=O)C1CCC(O)(CSc2nncn2N)CC1. The molecule has 0 spiro atoms. The fourth-order valence-electron chi connectivity index (χ4n) is 2.33. The fraction of sp³-hybridized carbons (Fsp3) is 0.750. The molecule has 2 rings (SSSR count). The number of nitrogens with zero attached hydrogens (tertiary/aromatic N) is 3. The van der Waals surface area contributed by atoms with Gasteiger partial charge in [-0.1, -0.05) is 11.8 Å². The number of esters is 1. The van der Waals surface area contributed by atoms with Crippen LogP contribution in [0, 0.1) is 5.92 Å². The van der Waals surface area contributed by atoms with Gasteiger partial charge in [-0.3, -0.25) is 4.79 Å². The van der Waals surface area contributed by atoms with Crippen molar-refractivity contribution in [1.29, 1.82) is 0 Å². The van der Waals surface area contributed by atoms with Crippen molar-refractivity contribution in [1.82, 2.24) is 14.9 Å². The molecule has 1 aliphatic rings. The summed E-state index contributed by atoms with van der Waals surface area (Å²) in [5, 5.41) is 18.6. The summed E-state index contributed by atoms with van der Waals surface area (Å²) < 4.78 is 6.35. The van der Waals surface area contributed by atoms with Crippen LogP contribution in [0.25, 0.3) is 0 Å². The van der Waals surface area contributed by atoms with E-state index in [9.17, 15) is 9.90 Å². The van der Waals surface area contributed by atoms with Crippen LogP contribution in [0.15, 0.2) is 11.5 Å². The maximum atomic E-state index is 11.7. The molecule has 0 radical (unpaired) electrons. The van der Waals surface area contributed by atoms with E-state index in [1.54, 1.807) is 6.92 Å². The first-order chi connectivity index (χ1) is 9.54. The second-order valence-corrected chi connectivity index (χ2v) is 6.00. The first kappa shape index (κ1) is 15.1. The average Bonchev–Trinajstić information content (AvgIpc) is 2.83. The van der Waals surface area contributed by atoms with Gasteiger partial charge in [-0.2, -0.15) is 0 Å². The van der Waals surface area contributed by atoms with Gasteiger partial charge in [-0.05, 0) is 32.6 Å². The molecule has 3 N–H and O–H groups in total. The molecule has 1 aromatic heterocycles. The van der Waals surface area contributed by atoms with Crippen molar-refractivity contribution in [2.75, 3.05) is 18.2 Å². The molecule has 0 aliphatic heterocycles. The van der Waals surface area contributed by atoms with E-state index in [0.717, 1.165) is 0 Å². The predicted octanol–water partition coefficient (Wildman–Crippen LogP) is 0.568. The predicted molar refractivity (Wildman–Crippen MR) is 74.4 cm³/mol. The third-order valence-corrected chi connectivity index (χ3v) is 4.78. The minimum absolute atomic E-state index is 0.0848. The molecule has 0 saturated heterocycles. The molecular weight excluding hydrogens is 280 g/mol. The Labute approximate surface area is 121 Å². The van der Waals surface area contributed by atoms with E-state index in [0.29, 0.717) is 43.2 Å². The molecule has 8 heteroatoms. The van der Waals surface area contributed by atoms with Gasteiger partial charge in [0, 0.05) is 5.75 Å². The molecule has 1 saturated carbocycles. The second kappa shape index (κ2) is 6.45. The molecule has 20 heavy (non-hydrogen) atoms. The molecule has 0 unspecified atom stereocenters. The highest BCUT2D eigenvalue weighted by atomic mass is 32.2. The number of rotatable bonds is 5. The number of hydrogen-bond acceptors (Lipinski definition) is 7. The van der Waals surface area contributed by atoms with Crippen molar-refractivity contribution >= 4 is 17.7 Å². The van der Waals surface area contributed by atoms with E-state index < -0.39 is 5.60 Å². The smallest absolute Gasteiger partial charge is 0.308 e. The van der Waals surface area contributed by atoms with E-state index in [1.165, 1.54) is 22.8 Å². The zero-order valence-corrected chi connectivity index (χ0v) is 12.3. The van der Waals surface area contributed by atoms with Crippen LogP contribution in [0.1, 0.15) is 32.6 Å². The van der Waals surface area contributed by atoms with Gasteiger partial charge in [0.2, 0.25) is 5.16 Å². The van der Waals surface area contributed by atoms with Crippen LogP contribution in [0.3, 0.4) is 0 Å². The minimum atomic E-state index is -0.778. The van der Waals surface area contributed by atoms with Crippen molar-refractivity contribution in [2.45, 2.75) is 43.4 Å². The molecule has 0 amide bonds. The van der Waals surface area contributed by atoms with Gasteiger partial charge < -0.3 is 15.7 Å². The summed E-state index contributed by atoms with van der Waals surface area (Å²) in [6, 6.07) is 0. The number of carbonyl (C=O) groups excluding carboxylic acids is 1. The lowest BCUT2D eigenvalue weighted by Crippen LogP contribution is -2.38. The van der Waals surface area contributed by atoms with Crippen LogP contribution in [0.5, 0.6) is 0 Å². The number of aliphatic hydroxyl groups is 1. The van der Waals surface area contributed by atoms with Gasteiger partial charge >= 0.3 is 5.97 Å². The molecule has 1 aliphatic carbocycles. The number of nitrogen functional groups attached to an aromatic ring is 1. The summed E-state index contributed by atoms with van der Waals surface area (Å²) in [4.78, 5) is 11.7.